The van der Waals surface area contributed by atoms with E-state index in [0.717, 1.165) is 116 Å². The Morgan fingerprint density at radius 1 is 0.392 bits per heavy atom. The molecule has 18 atom stereocenters. The molecule has 2 heterocycles. The van der Waals surface area contributed by atoms with Crippen molar-refractivity contribution in [2.24, 2.45) is 0 Å². The van der Waals surface area contributed by atoms with Crippen LogP contribution in [0.1, 0.15) is 297 Å². The monoisotopic (exact) mass is 1410 g/mol. The van der Waals surface area contributed by atoms with Crippen molar-refractivity contribution in [1.82, 2.24) is 0 Å². The topological polar surface area (TPSA) is 374 Å². The van der Waals surface area contributed by atoms with Gasteiger partial charge in [-0.1, -0.05) is 245 Å². The summed E-state index contributed by atoms with van der Waals surface area (Å²) in [6.07, 6.45) is 12.7. The highest BCUT2D eigenvalue weighted by Crippen LogP contribution is 2.49. The summed E-state index contributed by atoms with van der Waals surface area (Å²) in [5.41, 5.74) is 0. The lowest BCUT2D eigenvalue weighted by molar-refractivity contribution is -0.360. The number of aliphatic hydroxyl groups excluding tert-OH is 10. The lowest BCUT2D eigenvalue weighted by Crippen LogP contribution is -2.69. The van der Waals surface area contributed by atoms with E-state index in [2.05, 4.69) is 32.9 Å². The molecular weight excluding hydrogens is 1280 g/mol. The summed E-state index contributed by atoms with van der Waals surface area (Å²) in [5.74, 6) is -1.98. The number of hydrogen-bond donors (Lipinski definition) is 11. The number of allylic oxidation sites excluding steroid dienone is 2. The Balaban J connectivity index is 1.74. The number of aliphatic hydroxyl groups is 10. The molecule has 24 nitrogen and oxygen atoms in total. The molecule has 3 aliphatic rings. The van der Waals surface area contributed by atoms with Crippen LogP contribution in [-0.4, -0.2) is 204 Å². The minimum absolute atomic E-state index is 0.0320. The van der Waals surface area contributed by atoms with Gasteiger partial charge in [0.25, 0.3) is 0 Å². The first-order chi connectivity index (χ1) is 46.8. The Labute approximate surface area is 580 Å². The van der Waals surface area contributed by atoms with Gasteiger partial charge in [-0.3, -0.25) is 23.4 Å². The molecular formula is C72H133O24P. The van der Waals surface area contributed by atoms with Gasteiger partial charge < -0.3 is 89.1 Å². The molecule has 1 saturated carbocycles. The molecule has 1 aliphatic carbocycles. The normalized spacial score (nSPS) is 27.8. The molecule has 18 unspecified atom stereocenters. The van der Waals surface area contributed by atoms with Crippen LogP contribution in [0.4, 0.5) is 0 Å². The van der Waals surface area contributed by atoms with Crippen molar-refractivity contribution >= 4 is 25.7 Å². The summed E-state index contributed by atoms with van der Waals surface area (Å²) in [7, 11) is -5.69. The first-order valence-electron chi connectivity index (χ1n) is 38.0. The number of hydrogen-bond acceptors (Lipinski definition) is 23. The van der Waals surface area contributed by atoms with Crippen molar-refractivity contribution in [3.63, 3.8) is 0 Å². The third-order valence-electron chi connectivity index (χ3n) is 18.8. The molecule has 25 heteroatoms. The molecule has 2 aliphatic heterocycles. The maximum Gasteiger partial charge on any atom is 0.472 e. The average Bonchev–Trinajstić information content (AvgIpc) is 0.763. The fourth-order valence-electron chi connectivity index (χ4n) is 12.6. The first-order valence-corrected chi connectivity index (χ1v) is 39.5. The van der Waals surface area contributed by atoms with Crippen molar-refractivity contribution in [3.8, 4) is 0 Å². The van der Waals surface area contributed by atoms with Crippen LogP contribution in [0.15, 0.2) is 12.2 Å². The van der Waals surface area contributed by atoms with E-state index in [1.165, 1.54) is 122 Å². The number of esters is 3. The average molecular weight is 1410 g/mol. The Hall–Kier alpha value is -2.30. The van der Waals surface area contributed by atoms with Crippen molar-refractivity contribution in [3.05, 3.63) is 12.2 Å². The van der Waals surface area contributed by atoms with E-state index in [1.807, 2.05) is 0 Å². The van der Waals surface area contributed by atoms with Crippen LogP contribution >= 0.6 is 7.82 Å². The number of unbranched alkanes of at least 4 members (excludes halogenated alkanes) is 36. The lowest BCUT2D eigenvalue weighted by Gasteiger charge is -2.49. The molecule has 0 aromatic carbocycles. The predicted molar refractivity (Wildman–Crippen MR) is 365 cm³/mol. The van der Waals surface area contributed by atoms with E-state index in [-0.39, 0.29) is 19.3 Å². The van der Waals surface area contributed by atoms with E-state index < -0.39 is 156 Å². The third kappa shape index (κ3) is 37.6. The minimum Gasteiger partial charge on any atom is -0.463 e. The number of carbonyl (C=O) groups excluding carboxylic acids is 3. The van der Waals surface area contributed by atoms with Crippen LogP contribution in [0.25, 0.3) is 0 Å². The van der Waals surface area contributed by atoms with Crippen LogP contribution < -0.4 is 0 Å². The van der Waals surface area contributed by atoms with Gasteiger partial charge in [-0.2, -0.15) is 0 Å². The van der Waals surface area contributed by atoms with Crippen molar-refractivity contribution in [1.29, 1.82) is 0 Å². The fourth-order valence-corrected chi connectivity index (χ4v) is 13.5. The van der Waals surface area contributed by atoms with Gasteiger partial charge in [0.15, 0.2) is 18.7 Å². The summed E-state index contributed by atoms with van der Waals surface area (Å²) in [5, 5.41) is 110. The molecule has 0 spiro atoms. The van der Waals surface area contributed by atoms with E-state index in [1.54, 1.807) is 0 Å². The minimum atomic E-state index is -5.69. The van der Waals surface area contributed by atoms with E-state index in [9.17, 15) is 74.9 Å². The Morgan fingerprint density at radius 2 is 0.722 bits per heavy atom. The zero-order chi connectivity index (χ0) is 71.1. The molecule has 2 saturated heterocycles. The molecule has 570 valence electrons. The SMILES string of the molecule is CCCCCC/C=C\CCCCCCCCCC(=O)OCC(COP(=O)(O)OC1C(OC2OC(CO)C(O)C(O)C2O)C(O)C(O)C(O)C1OC1OC(COC(=O)CCCCCCCCCCCCCC)C(O)C(O)C1O)OC(=O)CCCCCCCCCCCCCCCCC. The second-order valence-corrected chi connectivity index (χ2v) is 28.8. The number of rotatable bonds is 59. The fraction of sp³-hybridized carbons (Fsp3) is 0.931. The van der Waals surface area contributed by atoms with Gasteiger partial charge in [-0.05, 0) is 44.9 Å². The number of carbonyl (C=O) groups is 3. The zero-order valence-corrected chi connectivity index (χ0v) is 60.3. The highest BCUT2D eigenvalue weighted by molar-refractivity contribution is 7.47. The molecule has 3 rings (SSSR count). The Kier molecular flexibility index (Phi) is 49.8. The molecule has 11 N–H and O–H groups in total. The van der Waals surface area contributed by atoms with Gasteiger partial charge in [-0.15, -0.1) is 0 Å². The molecule has 0 aromatic rings. The van der Waals surface area contributed by atoms with Gasteiger partial charge in [0.2, 0.25) is 0 Å². The molecule has 0 radical (unpaired) electrons. The highest BCUT2D eigenvalue weighted by atomic mass is 31.2. The quantitative estimate of drug-likeness (QED) is 0.00886. The van der Waals surface area contributed by atoms with E-state index in [4.69, 9.17) is 42.2 Å². The number of phosphoric ester groups is 1. The first kappa shape index (κ1) is 88.9. The van der Waals surface area contributed by atoms with Gasteiger partial charge in [0.05, 0.1) is 13.2 Å². The van der Waals surface area contributed by atoms with E-state index in [0.29, 0.717) is 19.3 Å². The summed E-state index contributed by atoms with van der Waals surface area (Å²) >= 11 is 0. The van der Waals surface area contributed by atoms with Crippen LogP contribution in [0, 0.1) is 0 Å². The van der Waals surface area contributed by atoms with Gasteiger partial charge >= 0.3 is 25.7 Å². The molecule has 0 bridgehead atoms. The van der Waals surface area contributed by atoms with Crippen LogP contribution in [0.5, 0.6) is 0 Å². The van der Waals surface area contributed by atoms with Crippen LogP contribution in [0.2, 0.25) is 0 Å². The maximum atomic E-state index is 14.3. The number of phosphoric acid groups is 1. The Bertz CT molecular complexity index is 2060. The third-order valence-corrected chi connectivity index (χ3v) is 19.8. The largest absolute Gasteiger partial charge is 0.472 e. The number of ether oxygens (including phenoxy) is 7. The predicted octanol–water partition coefficient (Wildman–Crippen LogP) is 10.4. The van der Waals surface area contributed by atoms with Crippen molar-refractivity contribution < 1.29 is 117 Å². The molecule has 0 amide bonds. The molecule has 3 fully saturated rings. The summed E-state index contributed by atoms with van der Waals surface area (Å²) < 4.78 is 65.0. The van der Waals surface area contributed by atoms with Gasteiger partial charge in [0, 0.05) is 19.3 Å². The standard InChI is InChI=1S/C72H133O24P/c1-4-7-10-13-16-19-22-25-27-29-32-35-37-40-43-46-56(74)88-50-53(91-58(76)48-45-42-39-36-33-30-28-26-23-20-17-14-11-8-5-2)51-90-97(86,87)96-70-68(94-71-66(84)61(79)59(77)54(49-73)92-71)64(82)63(81)65(83)69(70)95-72-67(85)62(80)60(78)55(93-72)52-89-57(75)47-44-41-38-34-31-24-21-18-15-12-9-6-3/h19,22,53-55,59-73,77-85H,4-18,20-21,23-52H2,1-3H3,(H,86,87)/b22-19-. The second kappa shape index (κ2) is 54.4. The molecule has 0 aromatic heterocycles. The van der Waals surface area contributed by atoms with Crippen LogP contribution in [0.3, 0.4) is 0 Å². The maximum absolute atomic E-state index is 14.3. The Morgan fingerprint density at radius 3 is 1.12 bits per heavy atom. The van der Waals surface area contributed by atoms with Crippen LogP contribution in [-0.2, 0) is 61.2 Å². The smallest absolute Gasteiger partial charge is 0.463 e. The van der Waals surface area contributed by atoms with Gasteiger partial charge in [0.1, 0.15) is 98.7 Å². The second-order valence-electron chi connectivity index (χ2n) is 27.4. The summed E-state index contributed by atoms with van der Waals surface area (Å²) in [6, 6.07) is 0. The highest BCUT2D eigenvalue weighted by Gasteiger charge is 2.58. The van der Waals surface area contributed by atoms with Crippen molar-refractivity contribution in [2.45, 2.75) is 401 Å². The summed E-state index contributed by atoms with van der Waals surface area (Å²) in [6.45, 7) is 3.44. The van der Waals surface area contributed by atoms with Crippen molar-refractivity contribution in [2.75, 3.05) is 26.4 Å². The summed E-state index contributed by atoms with van der Waals surface area (Å²) in [4.78, 5) is 51.0. The molecule has 97 heavy (non-hydrogen) atoms. The zero-order valence-electron chi connectivity index (χ0n) is 59.4. The van der Waals surface area contributed by atoms with Gasteiger partial charge in [-0.25, -0.2) is 4.57 Å². The lowest BCUT2D eigenvalue weighted by atomic mass is 9.84. The van der Waals surface area contributed by atoms with E-state index >= 15 is 0 Å².